The van der Waals surface area contributed by atoms with Gasteiger partial charge in [0, 0.05) is 29.6 Å². The van der Waals surface area contributed by atoms with Gasteiger partial charge in [0.25, 0.3) is 20.0 Å². The van der Waals surface area contributed by atoms with Crippen LogP contribution in [0.15, 0.2) is 55.6 Å². The fourth-order valence-electron chi connectivity index (χ4n) is 5.50. The molecule has 6 rings (SSSR count). The molecule has 0 radical (unpaired) electrons. The third kappa shape index (κ3) is 7.63. The highest BCUT2D eigenvalue weighted by Crippen LogP contribution is 2.58. The van der Waals surface area contributed by atoms with Gasteiger partial charge in [0.15, 0.2) is 42.0 Å². The second-order valence-electron chi connectivity index (χ2n) is 11.4. The molecule has 278 valence electrons. The molecule has 0 saturated carbocycles. The number of ketones is 1. The maximum atomic E-state index is 13.0. The minimum absolute atomic E-state index is 0.0311. The van der Waals surface area contributed by atoms with Crippen LogP contribution >= 0.6 is 15.6 Å². The summed E-state index contributed by atoms with van der Waals surface area (Å²) in [5.74, 6) is -1.53. The smallest absolute Gasteiger partial charge is 0.478 e. The van der Waals surface area contributed by atoms with Gasteiger partial charge in [-0.15, -0.1) is 0 Å². The van der Waals surface area contributed by atoms with E-state index in [0.29, 0.717) is 0 Å². The fourth-order valence-corrected chi connectivity index (χ4v) is 7.55. The molecule has 1 amide bonds. The first-order valence-electron chi connectivity index (χ1n) is 15.0. The lowest BCUT2D eigenvalue weighted by Crippen LogP contribution is -2.47. The molecule has 2 unspecified atom stereocenters. The van der Waals surface area contributed by atoms with Crippen LogP contribution < -0.4 is 20.9 Å². The molecule has 2 saturated heterocycles. The van der Waals surface area contributed by atoms with Crippen LogP contribution in [0.3, 0.4) is 0 Å². The number of aromatic nitrogens is 6. The first kappa shape index (κ1) is 37.6. The first-order valence-corrected chi connectivity index (χ1v) is 17.9. The van der Waals surface area contributed by atoms with E-state index in [0.717, 1.165) is 17.1 Å². The molecular weight excluding hydrogens is 738 g/mol. The number of hydrogen-bond acceptors (Lipinski definition) is 19. The quantitative estimate of drug-likeness (QED) is 0.0404. The molecule has 0 spiro atoms. The van der Waals surface area contributed by atoms with E-state index in [9.17, 15) is 48.9 Å². The Balaban J connectivity index is 1.05. The van der Waals surface area contributed by atoms with Crippen molar-refractivity contribution in [2.45, 2.75) is 49.1 Å². The van der Waals surface area contributed by atoms with E-state index in [4.69, 9.17) is 25.5 Å². The summed E-state index contributed by atoms with van der Waals surface area (Å²) >= 11 is 0. The zero-order chi connectivity index (χ0) is 37.5. The van der Waals surface area contributed by atoms with Crippen LogP contribution in [-0.2, 0) is 32.0 Å². The molecule has 4 aromatic rings. The second-order valence-corrected chi connectivity index (χ2v) is 14.4. The molecule has 0 bridgehead atoms. The number of amides is 1. The molecule has 25 heteroatoms. The normalized spacial score (nSPS) is 28.4. The largest absolute Gasteiger partial charge is 0.756 e. The van der Waals surface area contributed by atoms with Crippen LogP contribution in [0.25, 0.3) is 11.2 Å². The third-order valence-corrected chi connectivity index (χ3v) is 10.6. The van der Waals surface area contributed by atoms with E-state index in [-0.39, 0.29) is 33.7 Å². The Morgan fingerprint density at radius 2 is 1.62 bits per heavy atom. The SMILES string of the molecule is NC(=O)c1c[n+]([C@@H]2O[C@H](COP(=O)([O-])OP(=O)(O)OC[C@H]3O[C@@H](n4cnc5c(N)ncnc54)[C@H](O)[C@@H]3O)[C@@H](O)[C@H]2O)ccc1C(=O)c1ccncc1. The number of nitrogen functional groups attached to an aromatic ring is 1. The summed E-state index contributed by atoms with van der Waals surface area (Å²) in [7, 11) is -11.2. The zero-order valence-corrected chi connectivity index (χ0v) is 28.1. The number of nitrogens with two attached hydrogens (primary N) is 2. The van der Waals surface area contributed by atoms with Crippen molar-refractivity contribution in [2.75, 3.05) is 18.9 Å². The monoisotopic (exact) mass is 768 g/mol. The number of pyridine rings is 2. The van der Waals surface area contributed by atoms with E-state index in [1.165, 1.54) is 47.7 Å². The maximum Gasteiger partial charge on any atom is 0.478 e. The van der Waals surface area contributed by atoms with Crippen molar-refractivity contribution in [3.05, 3.63) is 72.3 Å². The topological polar surface area (TPSA) is 351 Å². The highest BCUT2D eigenvalue weighted by molar-refractivity contribution is 7.60. The molecule has 2 fully saturated rings. The number of hydrogen-bond donors (Lipinski definition) is 7. The average molecular weight is 769 g/mol. The molecule has 0 aliphatic carbocycles. The Morgan fingerprint density at radius 1 is 0.942 bits per heavy atom. The van der Waals surface area contributed by atoms with Crippen LogP contribution in [0.2, 0.25) is 0 Å². The summed E-state index contributed by atoms with van der Waals surface area (Å²) in [5, 5.41) is 42.2. The van der Waals surface area contributed by atoms with Crippen molar-refractivity contribution in [1.29, 1.82) is 0 Å². The molecule has 10 atom stereocenters. The standard InChI is InChI=1S/C27H30N8O15P2/c28-23-17-25(32-10-31-23)35(11-33-17)27-22(40)20(38)16(49-27)9-47-52(44,45)50-51(42,43)46-8-15-19(37)21(39)26(48-15)34-6-3-13(14(7-34)24(29)41)18(36)12-1-4-30-5-2-12/h1-7,10-11,15-16,19-22,26-27,37-40H,8-9H2,(H5-,28,29,31,32,41,42,43,44,45)/t15-,16-,19-,20-,21-,22-,26-,27-/m1/s1. The van der Waals surface area contributed by atoms with E-state index >= 15 is 0 Å². The van der Waals surface area contributed by atoms with Crippen molar-refractivity contribution in [3.63, 3.8) is 0 Å². The van der Waals surface area contributed by atoms with Gasteiger partial charge >= 0.3 is 7.82 Å². The number of imidazole rings is 1. The Labute approximate surface area is 291 Å². The summed E-state index contributed by atoms with van der Waals surface area (Å²) < 4.78 is 52.0. The number of phosphoric acid groups is 2. The Bertz CT molecular complexity index is 2080. The van der Waals surface area contributed by atoms with Gasteiger partial charge in [0.1, 0.15) is 47.9 Å². The number of rotatable bonds is 13. The summed E-state index contributed by atoms with van der Waals surface area (Å²) in [4.78, 5) is 63.4. The van der Waals surface area contributed by atoms with Crippen LogP contribution in [0.4, 0.5) is 5.82 Å². The number of primary amides is 1. The third-order valence-electron chi connectivity index (χ3n) is 8.07. The van der Waals surface area contributed by atoms with Gasteiger partial charge in [-0.1, -0.05) is 0 Å². The van der Waals surface area contributed by atoms with Crippen molar-refractivity contribution in [3.8, 4) is 0 Å². The molecule has 0 aromatic carbocycles. The van der Waals surface area contributed by atoms with Crippen LogP contribution in [-0.4, -0.2) is 111 Å². The summed E-state index contributed by atoms with van der Waals surface area (Å²) in [6.45, 7) is -2.00. The molecule has 4 aromatic heterocycles. The lowest BCUT2D eigenvalue weighted by Gasteiger charge is -2.26. The number of ether oxygens (including phenoxy) is 2. The van der Waals surface area contributed by atoms with E-state index in [1.807, 2.05) is 0 Å². The second kappa shape index (κ2) is 14.7. The van der Waals surface area contributed by atoms with Crippen molar-refractivity contribution in [1.82, 2.24) is 24.5 Å². The lowest BCUT2D eigenvalue weighted by molar-refractivity contribution is -0.765. The van der Waals surface area contributed by atoms with Crippen LogP contribution in [0, 0.1) is 0 Å². The highest BCUT2D eigenvalue weighted by Gasteiger charge is 2.50. The summed E-state index contributed by atoms with van der Waals surface area (Å²) in [6.07, 6.45) is -5.25. The number of phosphoric ester groups is 2. The number of fused-ring (bicyclic) bond motifs is 1. The fraction of sp³-hybridized carbons (Fsp3) is 0.370. The van der Waals surface area contributed by atoms with Gasteiger partial charge in [-0.25, -0.2) is 23.8 Å². The Kier molecular flexibility index (Phi) is 10.6. The Morgan fingerprint density at radius 3 is 2.33 bits per heavy atom. The Hall–Kier alpha value is -4.19. The van der Waals surface area contributed by atoms with E-state index in [2.05, 4.69) is 28.8 Å². The van der Waals surface area contributed by atoms with Crippen molar-refractivity contribution >= 4 is 44.3 Å². The summed E-state index contributed by atoms with van der Waals surface area (Å²) in [6, 6.07) is 4.08. The van der Waals surface area contributed by atoms with Gasteiger partial charge in [0.05, 0.1) is 19.5 Å². The average Bonchev–Trinajstić information content (AvgIpc) is 3.75. The molecule has 9 N–H and O–H groups in total. The molecular formula is C27H30N8O15P2. The number of anilines is 1. The molecule has 6 heterocycles. The van der Waals surface area contributed by atoms with Gasteiger partial charge in [-0.05, 0) is 12.1 Å². The first-order chi connectivity index (χ1) is 24.6. The van der Waals surface area contributed by atoms with E-state index < -0.39 is 89.6 Å². The van der Waals surface area contributed by atoms with Crippen LogP contribution in [0.1, 0.15) is 38.7 Å². The van der Waals surface area contributed by atoms with Crippen LogP contribution in [0.5, 0.6) is 0 Å². The lowest BCUT2D eigenvalue weighted by atomic mass is 10.0. The number of aliphatic hydroxyl groups excluding tert-OH is 4. The predicted octanol–water partition coefficient (Wildman–Crippen LogP) is -3.02. The van der Waals surface area contributed by atoms with Crippen molar-refractivity contribution in [2.24, 2.45) is 5.73 Å². The number of carbonyl (C=O) groups is 2. The van der Waals surface area contributed by atoms with Crippen molar-refractivity contribution < 1.29 is 76.3 Å². The maximum absolute atomic E-state index is 13.0. The molecule has 2 aliphatic heterocycles. The minimum atomic E-state index is -5.71. The number of carbonyl (C=O) groups excluding carboxylic acids is 2. The zero-order valence-electron chi connectivity index (χ0n) is 26.3. The van der Waals surface area contributed by atoms with E-state index in [1.54, 1.807) is 0 Å². The highest BCUT2D eigenvalue weighted by atomic mass is 31.3. The summed E-state index contributed by atoms with van der Waals surface area (Å²) in [5.41, 5.74) is 11.4. The number of aliphatic hydroxyl groups is 4. The van der Waals surface area contributed by atoms with Gasteiger partial charge in [0.2, 0.25) is 0 Å². The molecule has 52 heavy (non-hydrogen) atoms. The van der Waals surface area contributed by atoms with Gasteiger partial charge in [-0.2, -0.15) is 4.57 Å². The molecule has 2 aliphatic rings. The number of nitrogens with zero attached hydrogens (tertiary/aromatic N) is 6. The van der Waals surface area contributed by atoms with Gasteiger partial charge < -0.3 is 55.7 Å². The minimum Gasteiger partial charge on any atom is -0.756 e. The molecule has 23 nitrogen and oxygen atoms in total. The van der Waals surface area contributed by atoms with Gasteiger partial charge in [-0.3, -0.25) is 28.2 Å². The predicted molar refractivity (Wildman–Crippen MR) is 165 cm³/mol.